The number of likely N-dealkylation sites (N-methyl/N-ethyl adjacent to an activating group) is 1. The third-order valence-corrected chi connectivity index (χ3v) is 2.75. The van der Waals surface area contributed by atoms with Gasteiger partial charge < -0.3 is 10.0 Å². The predicted octanol–water partition coefficient (Wildman–Crippen LogP) is 1.80. The number of hydrogen-bond acceptors (Lipinski definition) is 3. The number of aryl methyl sites for hydroxylation is 2. The predicted molar refractivity (Wildman–Crippen MR) is 69.4 cm³/mol. The van der Waals surface area contributed by atoms with Gasteiger partial charge in [-0.1, -0.05) is 17.2 Å². The largest absolute Gasteiger partial charge is 0.395 e. The molecule has 0 saturated carbocycles. The number of aliphatic hydroxyl groups excluding tert-OH is 1. The van der Waals surface area contributed by atoms with E-state index in [2.05, 4.69) is 6.07 Å². The van der Waals surface area contributed by atoms with Crippen LogP contribution >= 0.6 is 0 Å². The summed E-state index contributed by atoms with van der Waals surface area (Å²) in [5.74, 6) is 0.168. The molecule has 0 unspecified atom stereocenters. The first kappa shape index (κ1) is 13.9. The van der Waals surface area contributed by atoms with Crippen LogP contribution in [0.25, 0.3) is 0 Å². The number of aliphatic hydroxyl groups is 1. The van der Waals surface area contributed by atoms with Gasteiger partial charge in [0.2, 0.25) is 0 Å². The van der Waals surface area contributed by atoms with Crippen molar-refractivity contribution in [3.8, 4) is 0 Å². The van der Waals surface area contributed by atoms with Gasteiger partial charge in [-0.05, 0) is 33.0 Å². The van der Waals surface area contributed by atoms with Crippen molar-refractivity contribution in [2.45, 2.75) is 20.3 Å². The van der Waals surface area contributed by atoms with Crippen molar-refractivity contribution in [2.24, 2.45) is 0 Å². The van der Waals surface area contributed by atoms with Crippen molar-refractivity contribution in [1.29, 1.82) is 0 Å². The monoisotopic (exact) mass is 235 g/mol. The molecule has 0 aromatic heterocycles. The van der Waals surface area contributed by atoms with Gasteiger partial charge in [0.1, 0.15) is 0 Å². The van der Waals surface area contributed by atoms with Gasteiger partial charge >= 0.3 is 0 Å². The molecule has 0 radical (unpaired) electrons. The summed E-state index contributed by atoms with van der Waals surface area (Å²) in [4.78, 5) is 13.9. The van der Waals surface area contributed by atoms with Crippen molar-refractivity contribution < 1.29 is 9.90 Å². The van der Waals surface area contributed by atoms with E-state index < -0.39 is 0 Å². The van der Waals surface area contributed by atoms with Gasteiger partial charge in [0.05, 0.1) is 6.61 Å². The summed E-state index contributed by atoms with van der Waals surface area (Å²) in [6.07, 6.45) is 0.499. The summed E-state index contributed by atoms with van der Waals surface area (Å²) in [6.45, 7) is 5.43. The molecule has 0 spiro atoms. The van der Waals surface area contributed by atoms with Crippen molar-refractivity contribution >= 4 is 5.78 Å². The molecule has 0 aliphatic carbocycles. The van der Waals surface area contributed by atoms with E-state index in [1.165, 1.54) is 0 Å². The second kappa shape index (κ2) is 6.52. The van der Waals surface area contributed by atoms with Crippen LogP contribution < -0.4 is 0 Å². The molecular weight excluding hydrogens is 214 g/mol. The maximum atomic E-state index is 12.0. The molecule has 0 aliphatic rings. The molecular formula is C14H21NO2. The molecule has 0 heterocycles. The van der Waals surface area contributed by atoms with Crippen LogP contribution in [-0.4, -0.2) is 42.5 Å². The van der Waals surface area contributed by atoms with Gasteiger partial charge in [-0.15, -0.1) is 0 Å². The minimum Gasteiger partial charge on any atom is -0.395 e. The Hall–Kier alpha value is -1.19. The van der Waals surface area contributed by atoms with Gasteiger partial charge in [0.25, 0.3) is 0 Å². The quantitative estimate of drug-likeness (QED) is 0.764. The third kappa shape index (κ3) is 4.67. The van der Waals surface area contributed by atoms with E-state index in [4.69, 9.17) is 5.11 Å². The molecule has 1 aromatic rings. The second-order valence-electron chi connectivity index (χ2n) is 4.58. The first-order valence-electron chi connectivity index (χ1n) is 5.94. The highest BCUT2D eigenvalue weighted by Gasteiger charge is 2.08. The number of rotatable bonds is 6. The van der Waals surface area contributed by atoms with Crippen LogP contribution in [-0.2, 0) is 0 Å². The standard InChI is InChI=1S/C14H21NO2/c1-11-8-12(2)10-13(9-11)14(17)4-5-15(3)6-7-16/h8-10,16H,4-7H2,1-3H3. The molecule has 0 saturated heterocycles. The van der Waals surface area contributed by atoms with Gasteiger partial charge in [-0.25, -0.2) is 0 Å². The Morgan fingerprint density at radius 3 is 2.29 bits per heavy atom. The van der Waals surface area contributed by atoms with E-state index in [0.29, 0.717) is 19.5 Å². The normalized spacial score (nSPS) is 10.9. The Morgan fingerprint density at radius 1 is 1.18 bits per heavy atom. The Morgan fingerprint density at radius 2 is 1.76 bits per heavy atom. The first-order valence-corrected chi connectivity index (χ1v) is 5.94. The molecule has 1 N–H and O–H groups in total. The Bertz CT molecular complexity index is 368. The first-order chi connectivity index (χ1) is 8.02. The lowest BCUT2D eigenvalue weighted by molar-refractivity contribution is 0.0964. The molecule has 3 nitrogen and oxygen atoms in total. The fourth-order valence-electron chi connectivity index (χ4n) is 1.85. The maximum absolute atomic E-state index is 12.0. The van der Waals surface area contributed by atoms with E-state index in [-0.39, 0.29) is 12.4 Å². The van der Waals surface area contributed by atoms with Crippen LogP contribution in [0.15, 0.2) is 18.2 Å². The second-order valence-corrected chi connectivity index (χ2v) is 4.58. The zero-order valence-electron chi connectivity index (χ0n) is 10.9. The molecule has 1 rings (SSSR count). The maximum Gasteiger partial charge on any atom is 0.164 e. The molecule has 0 amide bonds. The van der Waals surface area contributed by atoms with E-state index in [9.17, 15) is 4.79 Å². The topological polar surface area (TPSA) is 40.5 Å². The molecule has 0 atom stereocenters. The SMILES string of the molecule is Cc1cc(C)cc(C(=O)CCN(C)CCO)c1. The van der Waals surface area contributed by atoms with Crippen LogP contribution in [0.1, 0.15) is 27.9 Å². The summed E-state index contributed by atoms with van der Waals surface area (Å²) in [6, 6.07) is 5.93. The Labute approximate surface area is 103 Å². The zero-order valence-corrected chi connectivity index (χ0v) is 10.9. The van der Waals surface area contributed by atoms with E-state index in [0.717, 1.165) is 16.7 Å². The van der Waals surface area contributed by atoms with Gasteiger partial charge in [-0.2, -0.15) is 0 Å². The summed E-state index contributed by atoms with van der Waals surface area (Å²) >= 11 is 0. The highest BCUT2D eigenvalue weighted by molar-refractivity contribution is 5.96. The average molecular weight is 235 g/mol. The number of nitrogens with zero attached hydrogens (tertiary/aromatic N) is 1. The van der Waals surface area contributed by atoms with Crippen molar-refractivity contribution in [3.05, 3.63) is 34.9 Å². The van der Waals surface area contributed by atoms with Gasteiger partial charge in [0.15, 0.2) is 5.78 Å². The molecule has 94 valence electrons. The highest BCUT2D eigenvalue weighted by Crippen LogP contribution is 2.11. The van der Waals surface area contributed by atoms with Crippen molar-refractivity contribution in [2.75, 3.05) is 26.7 Å². The molecule has 17 heavy (non-hydrogen) atoms. The van der Waals surface area contributed by atoms with E-state index in [1.54, 1.807) is 0 Å². The fraction of sp³-hybridized carbons (Fsp3) is 0.500. The lowest BCUT2D eigenvalue weighted by Gasteiger charge is -2.14. The van der Waals surface area contributed by atoms with Gasteiger partial charge in [0, 0.05) is 25.1 Å². The van der Waals surface area contributed by atoms with Crippen LogP contribution in [0.5, 0.6) is 0 Å². The third-order valence-electron chi connectivity index (χ3n) is 2.75. The fourth-order valence-corrected chi connectivity index (χ4v) is 1.85. The Balaban J connectivity index is 2.58. The zero-order chi connectivity index (χ0) is 12.8. The summed E-state index contributed by atoms with van der Waals surface area (Å²) in [7, 11) is 1.91. The minimum atomic E-state index is 0.133. The lowest BCUT2D eigenvalue weighted by atomic mass is 10.0. The number of carbonyl (C=O) groups is 1. The number of hydrogen-bond donors (Lipinski definition) is 1. The number of carbonyl (C=O) groups excluding carboxylic acids is 1. The van der Waals surface area contributed by atoms with Crippen LogP contribution in [0.2, 0.25) is 0 Å². The molecule has 0 fully saturated rings. The van der Waals surface area contributed by atoms with Gasteiger partial charge in [-0.3, -0.25) is 4.79 Å². The van der Waals surface area contributed by atoms with Crippen LogP contribution in [0, 0.1) is 13.8 Å². The minimum absolute atomic E-state index is 0.133. The summed E-state index contributed by atoms with van der Waals surface area (Å²) in [5.41, 5.74) is 3.04. The smallest absolute Gasteiger partial charge is 0.164 e. The van der Waals surface area contributed by atoms with Crippen LogP contribution in [0.4, 0.5) is 0 Å². The van der Waals surface area contributed by atoms with E-state index in [1.807, 2.05) is 37.9 Å². The van der Waals surface area contributed by atoms with Crippen molar-refractivity contribution in [3.63, 3.8) is 0 Å². The summed E-state index contributed by atoms with van der Waals surface area (Å²) in [5, 5.41) is 8.77. The Kier molecular flexibility index (Phi) is 5.32. The average Bonchev–Trinajstić information content (AvgIpc) is 2.25. The lowest BCUT2D eigenvalue weighted by Crippen LogP contribution is -2.25. The molecule has 0 aliphatic heterocycles. The highest BCUT2D eigenvalue weighted by atomic mass is 16.3. The van der Waals surface area contributed by atoms with Crippen molar-refractivity contribution in [1.82, 2.24) is 4.90 Å². The van der Waals surface area contributed by atoms with Crippen LogP contribution in [0.3, 0.4) is 0 Å². The molecule has 0 bridgehead atoms. The molecule has 3 heteroatoms. The molecule has 1 aromatic carbocycles. The number of benzene rings is 1. The number of ketones is 1. The number of Topliss-reactive ketones (excluding diaryl/α,β-unsaturated/α-hetero) is 1. The van der Waals surface area contributed by atoms with E-state index >= 15 is 0 Å². The summed E-state index contributed by atoms with van der Waals surface area (Å²) < 4.78 is 0.